The zero-order chi connectivity index (χ0) is 14.2. The van der Waals surface area contributed by atoms with Gasteiger partial charge in [0.05, 0.1) is 13.2 Å². The van der Waals surface area contributed by atoms with Crippen LogP contribution in [-0.4, -0.2) is 55.9 Å². The van der Waals surface area contributed by atoms with E-state index >= 15 is 0 Å². The zero-order valence-electron chi connectivity index (χ0n) is 11.1. The summed E-state index contributed by atoms with van der Waals surface area (Å²) in [7, 11) is 1.20. The van der Waals surface area contributed by atoms with E-state index in [2.05, 4.69) is 9.47 Å². The van der Waals surface area contributed by atoms with Crippen molar-refractivity contribution < 1.29 is 33.6 Å². The van der Waals surface area contributed by atoms with Gasteiger partial charge >= 0.3 is 17.5 Å². The van der Waals surface area contributed by atoms with Crippen molar-refractivity contribution >= 4 is 11.9 Å². The molecule has 0 saturated heterocycles. The van der Waals surface area contributed by atoms with Crippen LogP contribution in [0.1, 0.15) is 20.8 Å². The maximum Gasteiger partial charge on any atom is 0.355 e. The van der Waals surface area contributed by atoms with Crippen LogP contribution in [0.15, 0.2) is 0 Å². The lowest BCUT2D eigenvalue weighted by Gasteiger charge is -2.29. The SMILES string of the molecule is CCOC(=O)C(O)(C(=O)OCC)C(OC)OCC. The van der Waals surface area contributed by atoms with Gasteiger partial charge in [-0.1, -0.05) is 0 Å². The minimum absolute atomic E-state index is 0.00308. The molecule has 0 aliphatic rings. The standard InChI is InChI=1S/C11H20O7/c1-5-16-8(12)11(14,9(13)17-6-2)10(15-4)18-7-3/h10,14H,5-7H2,1-4H3. The molecule has 0 aliphatic heterocycles. The zero-order valence-corrected chi connectivity index (χ0v) is 11.1. The lowest BCUT2D eigenvalue weighted by molar-refractivity contribution is -0.241. The number of hydrogen-bond donors (Lipinski definition) is 1. The molecule has 0 aromatic carbocycles. The number of esters is 2. The highest BCUT2D eigenvalue weighted by Crippen LogP contribution is 2.19. The molecule has 18 heavy (non-hydrogen) atoms. The molecule has 0 radical (unpaired) electrons. The first-order valence-corrected chi connectivity index (χ1v) is 5.70. The smallest absolute Gasteiger partial charge is 0.355 e. The van der Waals surface area contributed by atoms with E-state index in [4.69, 9.17) is 9.47 Å². The third-order valence-electron chi connectivity index (χ3n) is 2.05. The Bertz CT molecular complexity index is 259. The Kier molecular flexibility index (Phi) is 7.49. The number of carbonyl (C=O) groups is 2. The van der Waals surface area contributed by atoms with E-state index in [9.17, 15) is 14.7 Å². The maximum absolute atomic E-state index is 11.7. The minimum Gasteiger partial charge on any atom is -0.463 e. The third-order valence-corrected chi connectivity index (χ3v) is 2.05. The third kappa shape index (κ3) is 3.66. The highest BCUT2D eigenvalue weighted by Gasteiger charge is 2.55. The Balaban J connectivity index is 5.23. The summed E-state index contributed by atoms with van der Waals surface area (Å²) in [6, 6.07) is 0. The molecule has 0 bridgehead atoms. The van der Waals surface area contributed by atoms with Crippen molar-refractivity contribution in [3.05, 3.63) is 0 Å². The molecule has 0 aromatic heterocycles. The van der Waals surface area contributed by atoms with Crippen molar-refractivity contribution in [2.24, 2.45) is 0 Å². The normalized spacial score (nSPS) is 12.9. The summed E-state index contributed by atoms with van der Waals surface area (Å²) >= 11 is 0. The van der Waals surface area contributed by atoms with Gasteiger partial charge in [0, 0.05) is 13.7 Å². The molecule has 0 saturated carbocycles. The average Bonchev–Trinajstić information content (AvgIpc) is 2.35. The predicted octanol–water partition coefficient (Wildman–Crippen LogP) is -0.147. The summed E-state index contributed by atoms with van der Waals surface area (Å²) in [5.74, 6) is -2.33. The van der Waals surface area contributed by atoms with Crippen LogP contribution in [-0.2, 0) is 28.5 Å². The molecule has 0 aliphatic carbocycles. The van der Waals surface area contributed by atoms with Gasteiger partial charge in [-0.15, -0.1) is 0 Å². The van der Waals surface area contributed by atoms with E-state index in [0.29, 0.717) is 0 Å². The van der Waals surface area contributed by atoms with E-state index < -0.39 is 23.8 Å². The first-order valence-electron chi connectivity index (χ1n) is 5.70. The van der Waals surface area contributed by atoms with Crippen LogP contribution in [0.2, 0.25) is 0 Å². The van der Waals surface area contributed by atoms with Crippen molar-refractivity contribution in [1.82, 2.24) is 0 Å². The van der Waals surface area contributed by atoms with Crippen LogP contribution in [0.25, 0.3) is 0 Å². The first-order chi connectivity index (χ1) is 8.48. The van der Waals surface area contributed by atoms with Crippen molar-refractivity contribution in [3.8, 4) is 0 Å². The second kappa shape index (κ2) is 8.02. The summed E-state index contributed by atoms with van der Waals surface area (Å²) in [6.07, 6.45) is -1.49. The highest BCUT2D eigenvalue weighted by molar-refractivity contribution is 6.03. The predicted molar refractivity (Wildman–Crippen MR) is 60.6 cm³/mol. The minimum atomic E-state index is -2.63. The number of methoxy groups -OCH3 is 1. The Hall–Kier alpha value is -1.18. The monoisotopic (exact) mass is 264 g/mol. The summed E-state index contributed by atoms with van der Waals surface area (Å²) < 4.78 is 19.1. The van der Waals surface area contributed by atoms with Gasteiger partial charge in [0.15, 0.2) is 0 Å². The molecule has 106 valence electrons. The second-order valence-electron chi connectivity index (χ2n) is 3.23. The molecule has 7 nitrogen and oxygen atoms in total. The van der Waals surface area contributed by atoms with Crippen LogP contribution in [0.3, 0.4) is 0 Å². The largest absolute Gasteiger partial charge is 0.463 e. The van der Waals surface area contributed by atoms with Crippen molar-refractivity contribution in [1.29, 1.82) is 0 Å². The summed E-state index contributed by atoms with van der Waals surface area (Å²) in [4.78, 5) is 23.4. The number of carbonyl (C=O) groups excluding carboxylic acids is 2. The van der Waals surface area contributed by atoms with Gasteiger partial charge in [-0.05, 0) is 20.8 Å². The fraction of sp³-hybridized carbons (Fsp3) is 0.818. The van der Waals surface area contributed by atoms with E-state index in [1.54, 1.807) is 20.8 Å². The van der Waals surface area contributed by atoms with Gasteiger partial charge in [0.1, 0.15) is 0 Å². The Labute approximate surface area is 106 Å². The van der Waals surface area contributed by atoms with Gasteiger partial charge in [0.25, 0.3) is 0 Å². The van der Waals surface area contributed by atoms with Crippen LogP contribution >= 0.6 is 0 Å². The van der Waals surface area contributed by atoms with Gasteiger partial charge in [0.2, 0.25) is 6.29 Å². The van der Waals surface area contributed by atoms with E-state index in [1.807, 2.05) is 0 Å². The molecule has 1 atom stereocenters. The molecule has 1 N–H and O–H groups in total. The van der Waals surface area contributed by atoms with Gasteiger partial charge < -0.3 is 24.1 Å². The molecule has 0 amide bonds. The van der Waals surface area contributed by atoms with Crippen LogP contribution in [0, 0.1) is 0 Å². The molecule has 0 aromatic rings. The Morgan fingerprint density at radius 3 is 1.78 bits per heavy atom. The molecule has 0 rings (SSSR count). The maximum atomic E-state index is 11.7. The summed E-state index contributed by atoms with van der Waals surface area (Å²) in [5, 5.41) is 10.2. The summed E-state index contributed by atoms with van der Waals surface area (Å²) in [6.45, 7) is 4.87. The fourth-order valence-electron chi connectivity index (χ4n) is 1.27. The first kappa shape index (κ1) is 16.8. The van der Waals surface area contributed by atoms with Gasteiger partial charge in [-0.2, -0.15) is 0 Å². The molecule has 0 spiro atoms. The van der Waals surface area contributed by atoms with E-state index in [1.165, 1.54) is 7.11 Å². The fourth-order valence-corrected chi connectivity index (χ4v) is 1.27. The quantitative estimate of drug-likeness (QED) is 0.370. The Morgan fingerprint density at radius 2 is 1.50 bits per heavy atom. The van der Waals surface area contributed by atoms with Crippen LogP contribution in [0.5, 0.6) is 0 Å². The lowest BCUT2D eigenvalue weighted by atomic mass is 10.0. The van der Waals surface area contributed by atoms with E-state index in [-0.39, 0.29) is 19.8 Å². The van der Waals surface area contributed by atoms with Crippen molar-refractivity contribution in [3.63, 3.8) is 0 Å². The topological polar surface area (TPSA) is 91.3 Å². The molecule has 7 heteroatoms. The van der Waals surface area contributed by atoms with E-state index in [0.717, 1.165) is 0 Å². The number of hydrogen-bond acceptors (Lipinski definition) is 7. The van der Waals surface area contributed by atoms with Crippen LogP contribution < -0.4 is 0 Å². The molecule has 0 fully saturated rings. The number of rotatable bonds is 8. The van der Waals surface area contributed by atoms with Gasteiger partial charge in [-0.3, -0.25) is 0 Å². The lowest BCUT2D eigenvalue weighted by Crippen LogP contribution is -2.59. The Morgan fingerprint density at radius 1 is 1.06 bits per heavy atom. The molecular formula is C11H20O7. The average molecular weight is 264 g/mol. The van der Waals surface area contributed by atoms with Crippen molar-refractivity contribution in [2.45, 2.75) is 32.7 Å². The second-order valence-corrected chi connectivity index (χ2v) is 3.23. The van der Waals surface area contributed by atoms with Crippen LogP contribution in [0.4, 0.5) is 0 Å². The number of ether oxygens (including phenoxy) is 4. The van der Waals surface area contributed by atoms with Gasteiger partial charge in [-0.25, -0.2) is 9.59 Å². The molecule has 1 unspecified atom stereocenters. The number of aliphatic hydroxyl groups is 1. The summed E-state index contributed by atoms with van der Waals surface area (Å²) in [5.41, 5.74) is -2.63. The molecular weight excluding hydrogens is 244 g/mol. The highest BCUT2D eigenvalue weighted by atomic mass is 16.7. The van der Waals surface area contributed by atoms with Crippen molar-refractivity contribution in [2.75, 3.05) is 26.9 Å². The molecule has 0 heterocycles.